The second-order valence-electron chi connectivity index (χ2n) is 3.53. The maximum Gasteiger partial charge on any atom is 0.309 e. The van der Waals surface area contributed by atoms with Gasteiger partial charge in [0, 0.05) is 0 Å². The smallest absolute Gasteiger partial charge is 0.309 e. The summed E-state index contributed by atoms with van der Waals surface area (Å²) >= 11 is 0. The number of hydrogen-bond donors (Lipinski definition) is 1. The molecule has 0 bridgehead atoms. The van der Waals surface area contributed by atoms with Crippen LogP contribution in [-0.4, -0.2) is 23.3 Å². The van der Waals surface area contributed by atoms with E-state index in [0.717, 1.165) is 19.3 Å². The fourth-order valence-electron chi connectivity index (χ4n) is 1.14. The second-order valence-corrected chi connectivity index (χ2v) is 3.53. The molecule has 0 saturated heterocycles. The largest absolute Gasteiger partial charge is 0.463 e. The number of unbranched alkanes of at least 4 members (excludes halogenated alkanes) is 1. The number of aliphatic hydroxyl groups excluding tert-OH is 1. The van der Waals surface area contributed by atoms with Gasteiger partial charge in [0.2, 0.25) is 0 Å². The van der Waals surface area contributed by atoms with Crippen LogP contribution in [0.3, 0.4) is 0 Å². The molecule has 0 aromatic carbocycles. The van der Waals surface area contributed by atoms with Crippen molar-refractivity contribution >= 4 is 5.97 Å². The molecule has 86 valence electrons. The van der Waals surface area contributed by atoms with Crippen LogP contribution in [0.5, 0.6) is 0 Å². The molecule has 0 fully saturated rings. The van der Waals surface area contributed by atoms with E-state index in [4.69, 9.17) is 9.84 Å². The minimum absolute atomic E-state index is 0.0186. The van der Waals surface area contributed by atoms with Crippen molar-refractivity contribution in [2.24, 2.45) is 0 Å². The van der Waals surface area contributed by atoms with Crippen LogP contribution in [0.2, 0.25) is 0 Å². The lowest BCUT2D eigenvalue weighted by Gasteiger charge is -2.13. The highest BCUT2D eigenvalue weighted by Gasteiger charge is 2.12. The van der Waals surface area contributed by atoms with Crippen LogP contribution in [0.15, 0.2) is 25.3 Å². The number of hydrogen-bond acceptors (Lipinski definition) is 3. The number of allylic oxidation sites excluding steroid dienone is 1. The van der Waals surface area contributed by atoms with Gasteiger partial charge < -0.3 is 9.84 Å². The number of esters is 1. The van der Waals surface area contributed by atoms with Crippen LogP contribution in [0.25, 0.3) is 0 Å². The summed E-state index contributed by atoms with van der Waals surface area (Å²) in [7, 11) is 0. The van der Waals surface area contributed by atoms with Crippen molar-refractivity contribution in [3.8, 4) is 0 Å². The zero-order chi connectivity index (χ0) is 11.7. The third-order valence-electron chi connectivity index (χ3n) is 2.00. The van der Waals surface area contributed by atoms with E-state index < -0.39 is 6.10 Å². The Morgan fingerprint density at radius 1 is 1.53 bits per heavy atom. The lowest BCUT2D eigenvalue weighted by Crippen LogP contribution is -2.19. The van der Waals surface area contributed by atoms with Gasteiger partial charge in [0.15, 0.2) is 0 Å². The van der Waals surface area contributed by atoms with Crippen LogP contribution in [0, 0.1) is 0 Å². The Hall–Kier alpha value is -1.09. The minimum atomic E-state index is -0.808. The molecular formula is C12H20O3. The van der Waals surface area contributed by atoms with Gasteiger partial charge >= 0.3 is 5.97 Å². The Labute approximate surface area is 91.4 Å². The Kier molecular flexibility index (Phi) is 7.64. The molecule has 0 spiro atoms. The van der Waals surface area contributed by atoms with Gasteiger partial charge in [-0.2, -0.15) is 0 Å². The first-order valence-corrected chi connectivity index (χ1v) is 5.21. The van der Waals surface area contributed by atoms with Crippen molar-refractivity contribution in [3.05, 3.63) is 25.3 Å². The molecule has 15 heavy (non-hydrogen) atoms. The maximum atomic E-state index is 11.2. The van der Waals surface area contributed by atoms with Gasteiger partial charge in [-0.25, -0.2) is 0 Å². The third kappa shape index (κ3) is 7.94. The first-order chi connectivity index (χ1) is 7.10. The van der Waals surface area contributed by atoms with Gasteiger partial charge in [-0.1, -0.05) is 12.2 Å². The van der Waals surface area contributed by atoms with Gasteiger partial charge in [-0.05, 0) is 26.2 Å². The molecule has 1 N–H and O–H groups in total. The van der Waals surface area contributed by atoms with Crippen molar-refractivity contribution in [3.63, 3.8) is 0 Å². The molecule has 0 aliphatic carbocycles. The van der Waals surface area contributed by atoms with Gasteiger partial charge in [0.05, 0.1) is 18.6 Å². The fourth-order valence-corrected chi connectivity index (χ4v) is 1.14. The predicted molar refractivity (Wildman–Crippen MR) is 60.4 cm³/mol. The summed E-state index contributed by atoms with van der Waals surface area (Å²) in [6.45, 7) is 8.85. The Bertz CT molecular complexity index is 211. The van der Waals surface area contributed by atoms with Crippen LogP contribution < -0.4 is 0 Å². The molecular weight excluding hydrogens is 192 g/mol. The van der Waals surface area contributed by atoms with E-state index >= 15 is 0 Å². The van der Waals surface area contributed by atoms with Gasteiger partial charge in [0.25, 0.3) is 0 Å². The Balaban J connectivity index is 3.65. The van der Waals surface area contributed by atoms with Crippen molar-refractivity contribution in [1.82, 2.24) is 0 Å². The minimum Gasteiger partial charge on any atom is -0.463 e. The highest BCUT2D eigenvalue weighted by molar-refractivity contribution is 5.70. The first kappa shape index (κ1) is 13.9. The van der Waals surface area contributed by atoms with Crippen LogP contribution in [0.1, 0.15) is 32.6 Å². The van der Waals surface area contributed by atoms with Crippen LogP contribution in [-0.2, 0) is 9.53 Å². The SMILES string of the molecule is C=CCCC[C@H](C)OC(=O)CC(O)C=C. The monoisotopic (exact) mass is 212 g/mol. The van der Waals surface area contributed by atoms with Gasteiger partial charge in [-0.15, -0.1) is 13.2 Å². The number of ether oxygens (including phenoxy) is 1. The van der Waals surface area contributed by atoms with Crippen LogP contribution in [0.4, 0.5) is 0 Å². The van der Waals surface area contributed by atoms with E-state index in [1.807, 2.05) is 13.0 Å². The lowest BCUT2D eigenvalue weighted by atomic mass is 10.2. The second kappa shape index (κ2) is 8.24. The van der Waals surface area contributed by atoms with E-state index in [1.54, 1.807) is 0 Å². The zero-order valence-electron chi connectivity index (χ0n) is 9.32. The quantitative estimate of drug-likeness (QED) is 0.381. The van der Waals surface area contributed by atoms with Gasteiger partial charge in [0.1, 0.15) is 0 Å². The summed E-state index contributed by atoms with van der Waals surface area (Å²) in [5, 5.41) is 9.12. The standard InChI is InChI=1S/C12H20O3/c1-4-6-7-8-10(3)15-12(14)9-11(13)5-2/h4-5,10-11,13H,1-2,6-9H2,3H3/t10-,11?/m0/s1. The third-order valence-corrected chi connectivity index (χ3v) is 2.00. The highest BCUT2D eigenvalue weighted by Crippen LogP contribution is 2.07. The Morgan fingerprint density at radius 2 is 2.20 bits per heavy atom. The van der Waals surface area contributed by atoms with E-state index in [9.17, 15) is 4.79 Å². The van der Waals surface area contributed by atoms with Crippen molar-refractivity contribution in [2.45, 2.75) is 44.8 Å². The van der Waals surface area contributed by atoms with E-state index in [1.165, 1.54) is 6.08 Å². The molecule has 1 unspecified atom stereocenters. The molecule has 0 aliphatic rings. The Morgan fingerprint density at radius 3 is 2.73 bits per heavy atom. The molecule has 0 heterocycles. The summed E-state index contributed by atoms with van der Waals surface area (Å²) in [6.07, 6.45) is 4.95. The summed E-state index contributed by atoms with van der Waals surface area (Å²) in [5.74, 6) is -0.381. The molecule has 0 saturated carbocycles. The molecule has 0 aromatic heterocycles. The summed E-state index contributed by atoms with van der Waals surface area (Å²) in [4.78, 5) is 11.2. The predicted octanol–water partition coefficient (Wildman–Crippen LogP) is 2.21. The summed E-state index contributed by atoms with van der Waals surface area (Å²) in [5.41, 5.74) is 0. The summed E-state index contributed by atoms with van der Waals surface area (Å²) in [6, 6.07) is 0. The van der Waals surface area contributed by atoms with E-state index in [0.29, 0.717) is 0 Å². The van der Waals surface area contributed by atoms with Crippen LogP contribution >= 0.6 is 0 Å². The molecule has 2 atom stereocenters. The van der Waals surface area contributed by atoms with Crippen molar-refractivity contribution in [2.75, 3.05) is 0 Å². The number of carbonyl (C=O) groups is 1. The molecule has 3 nitrogen and oxygen atoms in total. The average molecular weight is 212 g/mol. The molecule has 0 rings (SSSR count). The number of rotatable bonds is 8. The van der Waals surface area contributed by atoms with Crippen molar-refractivity contribution < 1.29 is 14.6 Å². The fraction of sp³-hybridized carbons (Fsp3) is 0.583. The van der Waals surface area contributed by atoms with E-state index in [-0.39, 0.29) is 18.5 Å². The normalized spacial score (nSPS) is 14.0. The maximum absolute atomic E-state index is 11.2. The topological polar surface area (TPSA) is 46.5 Å². The average Bonchev–Trinajstić information content (AvgIpc) is 2.17. The molecule has 0 amide bonds. The molecule has 0 radical (unpaired) electrons. The highest BCUT2D eigenvalue weighted by atomic mass is 16.5. The lowest BCUT2D eigenvalue weighted by molar-refractivity contribution is -0.150. The summed E-state index contributed by atoms with van der Waals surface area (Å²) < 4.78 is 5.09. The number of aliphatic hydroxyl groups is 1. The zero-order valence-corrected chi connectivity index (χ0v) is 9.32. The van der Waals surface area contributed by atoms with Gasteiger partial charge in [-0.3, -0.25) is 4.79 Å². The first-order valence-electron chi connectivity index (χ1n) is 5.21. The molecule has 0 aliphatic heterocycles. The number of carbonyl (C=O) groups excluding carboxylic acids is 1. The van der Waals surface area contributed by atoms with Crippen molar-refractivity contribution in [1.29, 1.82) is 0 Å². The molecule has 0 aromatic rings. The molecule has 3 heteroatoms. The van der Waals surface area contributed by atoms with E-state index in [2.05, 4.69) is 13.2 Å².